The van der Waals surface area contributed by atoms with Crippen molar-refractivity contribution < 1.29 is 19.1 Å². The van der Waals surface area contributed by atoms with Crippen LogP contribution in [0, 0.1) is 0 Å². The monoisotopic (exact) mass is 531 g/mol. The van der Waals surface area contributed by atoms with E-state index in [0.29, 0.717) is 32.3 Å². The van der Waals surface area contributed by atoms with Crippen molar-refractivity contribution in [2.75, 3.05) is 17.7 Å². The zero-order valence-electron chi connectivity index (χ0n) is 18.0. The normalized spacial score (nSPS) is 10.5. The molecule has 0 aliphatic carbocycles. The van der Waals surface area contributed by atoms with Crippen molar-refractivity contribution >= 4 is 51.2 Å². The van der Waals surface area contributed by atoms with Crippen LogP contribution in [0.5, 0.6) is 0 Å². The van der Waals surface area contributed by atoms with E-state index in [4.69, 9.17) is 4.74 Å². The molecule has 3 aromatic rings. The molecule has 2 aromatic carbocycles. The number of carbonyl (C=O) groups excluding carboxylic acids is 3. The number of benzene rings is 2. The van der Waals surface area contributed by atoms with Crippen LogP contribution in [0.4, 0.5) is 5.69 Å². The number of nitrogens with one attached hydrogen (secondary N) is 2. The van der Waals surface area contributed by atoms with Crippen molar-refractivity contribution in [3.63, 3.8) is 0 Å². The fourth-order valence-corrected chi connectivity index (χ4v) is 3.98. The zero-order valence-corrected chi connectivity index (χ0v) is 20.4. The quantitative estimate of drug-likeness (QED) is 0.321. The van der Waals surface area contributed by atoms with Gasteiger partial charge in [-0.25, -0.2) is 4.79 Å². The lowest BCUT2D eigenvalue weighted by Gasteiger charge is -2.08. The molecule has 0 radical (unpaired) electrons. The third-order valence-corrected chi connectivity index (χ3v) is 6.15. The predicted octanol–water partition coefficient (Wildman–Crippen LogP) is 3.42. The van der Waals surface area contributed by atoms with E-state index in [9.17, 15) is 14.4 Å². The van der Waals surface area contributed by atoms with Crippen LogP contribution < -0.4 is 10.6 Å². The number of carbonyl (C=O) groups is 3. The van der Waals surface area contributed by atoms with Crippen LogP contribution in [0.25, 0.3) is 0 Å². The highest BCUT2D eigenvalue weighted by molar-refractivity contribution is 9.10. The fourth-order valence-electron chi connectivity index (χ4n) is 2.79. The van der Waals surface area contributed by atoms with Gasteiger partial charge in [0, 0.05) is 17.2 Å². The molecular weight excluding hydrogens is 510 g/mol. The second-order valence-electron chi connectivity index (χ2n) is 6.76. The molecule has 0 unspecified atom stereocenters. The lowest BCUT2D eigenvalue weighted by atomic mass is 10.2. The Morgan fingerprint density at radius 3 is 2.67 bits per heavy atom. The van der Waals surface area contributed by atoms with E-state index in [-0.39, 0.29) is 30.7 Å². The minimum absolute atomic E-state index is 0.0962. The van der Waals surface area contributed by atoms with Crippen LogP contribution in [0.1, 0.15) is 33.5 Å². The minimum Gasteiger partial charge on any atom is -0.462 e. The molecule has 0 fully saturated rings. The molecule has 1 heterocycles. The molecule has 3 rings (SSSR count). The van der Waals surface area contributed by atoms with Crippen LogP contribution in [0.15, 0.2) is 58.2 Å². The van der Waals surface area contributed by atoms with E-state index in [1.165, 1.54) is 11.8 Å². The summed E-state index contributed by atoms with van der Waals surface area (Å²) in [6.45, 7) is 2.20. The summed E-state index contributed by atoms with van der Waals surface area (Å²) in [5, 5.41) is 14.3. The van der Waals surface area contributed by atoms with Gasteiger partial charge in [0.25, 0.3) is 5.91 Å². The van der Waals surface area contributed by atoms with E-state index in [1.807, 2.05) is 6.07 Å². The zero-order chi connectivity index (χ0) is 23.8. The number of anilines is 1. The van der Waals surface area contributed by atoms with Gasteiger partial charge < -0.3 is 19.9 Å². The van der Waals surface area contributed by atoms with Crippen molar-refractivity contribution in [3.05, 3.63) is 70.0 Å². The molecule has 2 amide bonds. The van der Waals surface area contributed by atoms with Crippen LogP contribution in [-0.4, -0.2) is 44.9 Å². The average Bonchev–Trinajstić information content (AvgIpc) is 3.16. The number of thioether (sulfide) groups is 1. The molecule has 33 heavy (non-hydrogen) atoms. The van der Waals surface area contributed by atoms with Gasteiger partial charge in [-0.1, -0.05) is 30.0 Å². The van der Waals surface area contributed by atoms with Crippen molar-refractivity contribution in [1.29, 1.82) is 0 Å². The van der Waals surface area contributed by atoms with E-state index in [1.54, 1.807) is 61.0 Å². The molecule has 0 aliphatic rings. The predicted molar refractivity (Wildman–Crippen MR) is 128 cm³/mol. The maximum atomic E-state index is 12.4. The van der Waals surface area contributed by atoms with Crippen LogP contribution in [0.3, 0.4) is 0 Å². The number of esters is 1. The standard InChI is InChI=1S/C22H22BrN5O4S/c1-3-32-21(31)14-7-6-8-15(11-14)25-19(29)13-33-22-27-26-18(28(22)2)12-24-20(30)16-9-4-5-10-17(16)23/h4-11H,3,12-13H2,1-2H3,(H,24,30)(H,25,29). The highest BCUT2D eigenvalue weighted by atomic mass is 79.9. The number of hydrogen-bond acceptors (Lipinski definition) is 7. The van der Waals surface area contributed by atoms with Crippen LogP contribution >= 0.6 is 27.7 Å². The Kier molecular flexibility index (Phi) is 8.61. The summed E-state index contributed by atoms with van der Waals surface area (Å²) in [6.07, 6.45) is 0. The summed E-state index contributed by atoms with van der Waals surface area (Å²) in [5.74, 6) is -0.280. The number of nitrogens with zero attached hydrogens (tertiary/aromatic N) is 3. The van der Waals surface area contributed by atoms with Gasteiger partial charge >= 0.3 is 5.97 Å². The van der Waals surface area contributed by atoms with Crippen molar-refractivity contribution in [2.45, 2.75) is 18.6 Å². The summed E-state index contributed by atoms with van der Waals surface area (Å²) in [7, 11) is 1.77. The van der Waals surface area contributed by atoms with Gasteiger partial charge in [-0.05, 0) is 53.2 Å². The van der Waals surface area contributed by atoms with Gasteiger partial charge in [0.15, 0.2) is 11.0 Å². The van der Waals surface area contributed by atoms with E-state index in [0.717, 1.165) is 0 Å². The summed E-state index contributed by atoms with van der Waals surface area (Å²) in [4.78, 5) is 36.6. The number of ether oxygens (including phenoxy) is 1. The van der Waals surface area contributed by atoms with E-state index < -0.39 is 5.97 Å². The number of halogens is 1. The van der Waals surface area contributed by atoms with Crippen LogP contribution in [0.2, 0.25) is 0 Å². The lowest BCUT2D eigenvalue weighted by molar-refractivity contribution is -0.113. The fraction of sp³-hybridized carbons (Fsp3) is 0.227. The Balaban J connectivity index is 1.53. The molecule has 0 spiro atoms. The van der Waals surface area contributed by atoms with Crippen LogP contribution in [-0.2, 0) is 23.1 Å². The van der Waals surface area contributed by atoms with Crippen molar-refractivity contribution in [3.8, 4) is 0 Å². The first kappa shape index (κ1) is 24.5. The highest BCUT2D eigenvalue weighted by Gasteiger charge is 2.15. The maximum absolute atomic E-state index is 12.4. The molecule has 0 bridgehead atoms. The topological polar surface area (TPSA) is 115 Å². The smallest absolute Gasteiger partial charge is 0.338 e. The molecule has 172 valence electrons. The molecule has 0 aliphatic heterocycles. The third-order valence-electron chi connectivity index (χ3n) is 4.44. The second-order valence-corrected chi connectivity index (χ2v) is 8.56. The summed E-state index contributed by atoms with van der Waals surface area (Å²) < 4.78 is 7.40. The minimum atomic E-state index is -0.443. The SMILES string of the molecule is CCOC(=O)c1cccc(NC(=O)CSc2nnc(CNC(=O)c3ccccc3Br)n2C)c1. The lowest BCUT2D eigenvalue weighted by Crippen LogP contribution is -2.24. The summed E-state index contributed by atoms with van der Waals surface area (Å²) >= 11 is 4.57. The molecule has 0 saturated carbocycles. The van der Waals surface area contributed by atoms with Gasteiger partial charge in [-0.3, -0.25) is 9.59 Å². The molecule has 0 atom stereocenters. The summed E-state index contributed by atoms with van der Waals surface area (Å²) in [5.41, 5.74) is 1.39. The largest absolute Gasteiger partial charge is 0.462 e. The molecular formula is C22H22BrN5O4S. The number of rotatable bonds is 9. The Morgan fingerprint density at radius 2 is 1.91 bits per heavy atom. The van der Waals surface area contributed by atoms with Gasteiger partial charge in [-0.15, -0.1) is 10.2 Å². The molecule has 9 nitrogen and oxygen atoms in total. The number of amides is 2. The van der Waals surface area contributed by atoms with E-state index >= 15 is 0 Å². The van der Waals surface area contributed by atoms with Gasteiger partial charge in [-0.2, -0.15) is 0 Å². The Bertz CT molecular complexity index is 1170. The summed E-state index contributed by atoms with van der Waals surface area (Å²) in [6, 6.07) is 13.7. The molecule has 11 heteroatoms. The molecule has 2 N–H and O–H groups in total. The first-order valence-corrected chi connectivity index (χ1v) is 11.8. The number of aromatic nitrogens is 3. The number of hydrogen-bond donors (Lipinski definition) is 2. The highest BCUT2D eigenvalue weighted by Crippen LogP contribution is 2.18. The van der Waals surface area contributed by atoms with Crippen molar-refractivity contribution in [1.82, 2.24) is 20.1 Å². The van der Waals surface area contributed by atoms with Gasteiger partial charge in [0.2, 0.25) is 5.91 Å². The Labute approximate surface area is 203 Å². The average molecular weight is 532 g/mol. The van der Waals surface area contributed by atoms with E-state index in [2.05, 4.69) is 36.8 Å². The molecule has 1 aromatic heterocycles. The first-order valence-electron chi connectivity index (χ1n) is 10.00. The Morgan fingerprint density at radius 1 is 1.12 bits per heavy atom. The Hall–Kier alpha value is -3.18. The van der Waals surface area contributed by atoms with Crippen molar-refractivity contribution in [2.24, 2.45) is 7.05 Å². The second kappa shape index (κ2) is 11.6. The maximum Gasteiger partial charge on any atom is 0.338 e. The third kappa shape index (κ3) is 6.65. The van der Waals surface area contributed by atoms with Gasteiger partial charge in [0.05, 0.1) is 30.0 Å². The molecule has 0 saturated heterocycles. The van der Waals surface area contributed by atoms with Gasteiger partial charge in [0.1, 0.15) is 0 Å². The first-order chi connectivity index (χ1) is 15.9.